The molecular weight excluding hydrogens is 352 g/mol. The van der Waals surface area contributed by atoms with Crippen molar-refractivity contribution in [2.45, 2.75) is 30.3 Å². The van der Waals surface area contributed by atoms with Crippen LogP contribution in [0.1, 0.15) is 18.4 Å². The van der Waals surface area contributed by atoms with E-state index in [1.807, 2.05) is 24.3 Å². The lowest BCUT2D eigenvalue weighted by atomic mass is 10.0. The van der Waals surface area contributed by atoms with Gasteiger partial charge in [0.25, 0.3) is 0 Å². The van der Waals surface area contributed by atoms with Crippen LogP contribution in [0, 0.1) is 0 Å². The first-order valence-electron chi connectivity index (χ1n) is 8.75. The van der Waals surface area contributed by atoms with Gasteiger partial charge in [0.2, 0.25) is 5.91 Å². The third kappa shape index (κ3) is 5.77. The molecule has 0 saturated carbocycles. The Morgan fingerprint density at radius 2 is 1.76 bits per heavy atom. The molecule has 1 aliphatic rings. The maximum Gasteiger partial charge on any atom is 0.230 e. The van der Waals surface area contributed by atoms with E-state index in [1.54, 1.807) is 4.90 Å². The van der Waals surface area contributed by atoms with Crippen LogP contribution in [-0.4, -0.2) is 30.8 Å². The Balaban J connectivity index is 1.38. The number of nitrogens with one attached hydrogen (secondary N) is 2. The minimum Gasteiger partial charge on any atom is -0.352 e. The molecule has 3 rings (SSSR count). The van der Waals surface area contributed by atoms with Crippen LogP contribution in [0.2, 0.25) is 5.02 Å². The minimum absolute atomic E-state index is 0.0985. The summed E-state index contributed by atoms with van der Waals surface area (Å²) in [5.74, 6) is 0.516. The molecule has 2 aromatic rings. The van der Waals surface area contributed by atoms with Crippen LogP contribution >= 0.6 is 23.4 Å². The molecule has 1 saturated heterocycles. The van der Waals surface area contributed by atoms with Crippen molar-refractivity contribution in [1.82, 2.24) is 5.32 Å². The Bertz CT molecular complexity index is 687. The van der Waals surface area contributed by atoms with Gasteiger partial charge in [0.05, 0.1) is 23.9 Å². The van der Waals surface area contributed by atoms with Crippen molar-refractivity contribution >= 4 is 29.3 Å². The third-order valence-electron chi connectivity index (χ3n) is 4.55. The number of likely N-dealkylation sites (tertiary alicyclic amines) is 1. The van der Waals surface area contributed by atoms with Crippen molar-refractivity contribution in [3.63, 3.8) is 0 Å². The number of hydrogen-bond acceptors (Lipinski definition) is 2. The summed E-state index contributed by atoms with van der Waals surface area (Å²) in [4.78, 5) is 14.7. The van der Waals surface area contributed by atoms with Crippen LogP contribution < -0.4 is 10.2 Å². The SMILES string of the molecule is O=C(CSc1ccccc1Cl)NC1CC[NH+](Cc2ccccc2)CC1. The van der Waals surface area contributed by atoms with Gasteiger partial charge >= 0.3 is 0 Å². The van der Waals surface area contributed by atoms with E-state index in [1.165, 1.54) is 17.3 Å². The number of thioether (sulfide) groups is 1. The monoisotopic (exact) mass is 375 g/mol. The molecular formula is C20H24ClN2OS+. The molecule has 1 heterocycles. The summed E-state index contributed by atoms with van der Waals surface area (Å²) in [5, 5.41) is 3.88. The molecule has 2 N–H and O–H groups in total. The zero-order chi connectivity index (χ0) is 17.5. The van der Waals surface area contributed by atoms with Crippen LogP contribution in [0.4, 0.5) is 0 Å². The van der Waals surface area contributed by atoms with Crippen LogP contribution in [-0.2, 0) is 11.3 Å². The first-order chi connectivity index (χ1) is 12.2. The Morgan fingerprint density at radius 3 is 2.48 bits per heavy atom. The Labute approximate surface area is 158 Å². The van der Waals surface area contributed by atoms with Crippen molar-refractivity contribution in [3.05, 3.63) is 65.2 Å². The lowest BCUT2D eigenvalue weighted by Crippen LogP contribution is -3.12. The van der Waals surface area contributed by atoms with E-state index in [2.05, 4.69) is 35.6 Å². The number of benzene rings is 2. The van der Waals surface area contributed by atoms with Crippen LogP contribution in [0.3, 0.4) is 0 Å². The summed E-state index contributed by atoms with van der Waals surface area (Å²) in [7, 11) is 0. The molecule has 5 heteroatoms. The second-order valence-electron chi connectivity index (χ2n) is 6.47. The fraction of sp³-hybridized carbons (Fsp3) is 0.350. The fourth-order valence-electron chi connectivity index (χ4n) is 3.21. The van der Waals surface area contributed by atoms with E-state index in [4.69, 9.17) is 11.6 Å². The molecule has 2 aromatic carbocycles. The van der Waals surface area contributed by atoms with Gasteiger partial charge in [-0.15, -0.1) is 11.8 Å². The lowest BCUT2D eigenvalue weighted by molar-refractivity contribution is -0.918. The van der Waals surface area contributed by atoms with E-state index < -0.39 is 0 Å². The zero-order valence-electron chi connectivity index (χ0n) is 14.2. The van der Waals surface area contributed by atoms with E-state index in [0.29, 0.717) is 16.8 Å². The van der Waals surface area contributed by atoms with Crippen molar-refractivity contribution < 1.29 is 9.69 Å². The standard InChI is InChI=1S/C20H23ClN2OS/c21-18-8-4-5-9-19(18)25-15-20(24)22-17-10-12-23(13-11-17)14-16-6-2-1-3-7-16/h1-9,17H,10-15H2,(H,22,24)/p+1. The molecule has 3 nitrogen and oxygen atoms in total. The highest BCUT2D eigenvalue weighted by molar-refractivity contribution is 8.00. The van der Waals surface area contributed by atoms with Crippen molar-refractivity contribution in [1.29, 1.82) is 0 Å². The number of piperidine rings is 1. The fourth-order valence-corrected chi connectivity index (χ4v) is 4.26. The van der Waals surface area contributed by atoms with Crippen molar-refractivity contribution in [2.75, 3.05) is 18.8 Å². The van der Waals surface area contributed by atoms with Gasteiger partial charge in [-0.05, 0) is 12.1 Å². The number of quaternary nitrogens is 1. The summed E-state index contributed by atoms with van der Waals surface area (Å²) in [6.07, 6.45) is 2.09. The topological polar surface area (TPSA) is 33.5 Å². The van der Waals surface area contributed by atoms with Gasteiger partial charge in [-0.1, -0.05) is 54.1 Å². The minimum atomic E-state index is 0.0985. The summed E-state index contributed by atoms with van der Waals surface area (Å²) in [6.45, 7) is 3.29. The normalized spacial score (nSPS) is 20.2. The smallest absolute Gasteiger partial charge is 0.230 e. The Kier molecular flexibility index (Phi) is 6.79. The van der Waals surface area contributed by atoms with Crippen LogP contribution in [0.5, 0.6) is 0 Å². The molecule has 0 atom stereocenters. The largest absolute Gasteiger partial charge is 0.352 e. The molecule has 1 fully saturated rings. The van der Waals surface area contributed by atoms with E-state index >= 15 is 0 Å². The van der Waals surface area contributed by atoms with Gasteiger partial charge in [0, 0.05) is 29.3 Å². The van der Waals surface area contributed by atoms with Crippen molar-refractivity contribution in [2.24, 2.45) is 0 Å². The summed E-state index contributed by atoms with van der Waals surface area (Å²) in [5.41, 5.74) is 1.39. The lowest BCUT2D eigenvalue weighted by Gasteiger charge is -2.29. The molecule has 0 spiro atoms. The second-order valence-corrected chi connectivity index (χ2v) is 7.90. The average Bonchev–Trinajstić information content (AvgIpc) is 2.64. The number of rotatable bonds is 6. The molecule has 0 aromatic heterocycles. The van der Waals surface area contributed by atoms with Gasteiger partial charge < -0.3 is 10.2 Å². The molecule has 25 heavy (non-hydrogen) atoms. The summed E-state index contributed by atoms with van der Waals surface area (Å²) >= 11 is 7.62. The van der Waals surface area contributed by atoms with Crippen molar-refractivity contribution in [3.8, 4) is 0 Å². The quantitative estimate of drug-likeness (QED) is 0.761. The molecule has 1 aliphatic heterocycles. The molecule has 0 aliphatic carbocycles. The second kappa shape index (κ2) is 9.27. The number of carbonyl (C=O) groups is 1. The van der Waals surface area contributed by atoms with Gasteiger partial charge in [0.1, 0.15) is 6.54 Å². The van der Waals surface area contributed by atoms with E-state index in [-0.39, 0.29) is 5.91 Å². The highest BCUT2D eigenvalue weighted by Gasteiger charge is 2.23. The van der Waals surface area contributed by atoms with Gasteiger partial charge in [-0.25, -0.2) is 0 Å². The highest BCUT2D eigenvalue weighted by atomic mass is 35.5. The zero-order valence-corrected chi connectivity index (χ0v) is 15.8. The molecule has 1 amide bonds. The maximum atomic E-state index is 12.2. The average molecular weight is 376 g/mol. The summed E-state index contributed by atoms with van der Waals surface area (Å²) < 4.78 is 0. The predicted molar refractivity (Wildman–Crippen MR) is 104 cm³/mol. The summed E-state index contributed by atoms with van der Waals surface area (Å²) in [6, 6.07) is 18.6. The Morgan fingerprint density at radius 1 is 1.08 bits per heavy atom. The highest BCUT2D eigenvalue weighted by Crippen LogP contribution is 2.26. The molecule has 0 radical (unpaired) electrons. The molecule has 0 unspecified atom stereocenters. The maximum absolute atomic E-state index is 12.2. The number of hydrogen-bond donors (Lipinski definition) is 2. The van der Waals surface area contributed by atoms with Crippen LogP contribution in [0.15, 0.2) is 59.5 Å². The van der Waals surface area contributed by atoms with Crippen LogP contribution in [0.25, 0.3) is 0 Å². The van der Waals surface area contributed by atoms with E-state index in [9.17, 15) is 4.79 Å². The van der Waals surface area contributed by atoms with E-state index in [0.717, 1.165) is 37.4 Å². The Hall–Kier alpha value is -1.49. The number of amides is 1. The first kappa shape index (κ1) is 18.3. The van der Waals surface area contributed by atoms with Gasteiger partial charge in [0.15, 0.2) is 0 Å². The van der Waals surface area contributed by atoms with Gasteiger partial charge in [-0.2, -0.15) is 0 Å². The first-order valence-corrected chi connectivity index (χ1v) is 10.1. The predicted octanol–water partition coefficient (Wildman–Crippen LogP) is 2.80. The third-order valence-corrected chi connectivity index (χ3v) is 6.07. The number of halogens is 1. The molecule has 0 bridgehead atoms. The molecule has 132 valence electrons. The van der Waals surface area contributed by atoms with Gasteiger partial charge in [-0.3, -0.25) is 4.79 Å². The number of carbonyl (C=O) groups excluding carboxylic acids is 1.